The minimum atomic E-state index is -5.91. The van der Waals surface area contributed by atoms with E-state index in [9.17, 15) is 46.1 Å². The molecule has 1 aliphatic rings. The summed E-state index contributed by atoms with van der Waals surface area (Å²) in [7, 11) is 0. The van der Waals surface area contributed by atoms with Gasteiger partial charge in [-0.2, -0.15) is 26.3 Å². The Hall–Kier alpha value is -2.38. The smallest absolute Gasteiger partial charge is 0.432 e. The lowest BCUT2D eigenvalue weighted by atomic mass is 9.64. The van der Waals surface area contributed by atoms with Gasteiger partial charge in [-0.15, -0.1) is 0 Å². The van der Waals surface area contributed by atoms with Gasteiger partial charge in [0.15, 0.2) is 0 Å². The fraction of sp³-hybridized carbons (Fsp3) is 0.579. The first-order valence-electron chi connectivity index (χ1n) is 9.41. The van der Waals surface area contributed by atoms with Gasteiger partial charge in [-0.1, -0.05) is 30.3 Å². The minimum Gasteiger partial charge on any atom is -0.466 e. The molecule has 0 aromatic heterocycles. The van der Waals surface area contributed by atoms with Crippen molar-refractivity contribution in [2.75, 3.05) is 13.2 Å². The van der Waals surface area contributed by atoms with Crippen LogP contribution in [0.25, 0.3) is 0 Å². The van der Waals surface area contributed by atoms with E-state index in [0.29, 0.717) is 0 Å². The summed E-state index contributed by atoms with van der Waals surface area (Å²) in [5, 5.41) is 21.7. The van der Waals surface area contributed by atoms with E-state index >= 15 is 0 Å². The number of piperidine rings is 1. The summed E-state index contributed by atoms with van der Waals surface area (Å²) in [5.74, 6) is -11.4. The summed E-state index contributed by atoms with van der Waals surface area (Å²) in [4.78, 5) is 25.2. The molecular formula is C19H21F6NO6. The van der Waals surface area contributed by atoms with E-state index in [2.05, 4.69) is 9.47 Å². The average molecular weight is 473 g/mol. The molecule has 0 spiro atoms. The van der Waals surface area contributed by atoms with Gasteiger partial charge in [0.2, 0.25) is 11.4 Å². The van der Waals surface area contributed by atoms with Crippen LogP contribution in [0.4, 0.5) is 26.3 Å². The number of hydrogen-bond donors (Lipinski definition) is 3. The van der Waals surface area contributed by atoms with Gasteiger partial charge < -0.3 is 19.7 Å². The maximum absolute atomic E-state index is 14.0. The van der Waals surface area contributed by atoms with Crippen molar-refractivity contribution < 1.29 is 55.6 Å². The van der Waals surface area contributed by atoms with E-state index in [4.69, 9.17) is 0 Å². The van der Waals surface area contributed by atoms with Crippen LogP contribution in [-0.2, 0) is 19.1 Å². The largest absolute Gasteiger partial charge is 0.466 e. The summed E-state index contributed by atoms with van der Waals surface area (Å²) in [6.45, 7) is 1.51. The zero-order valence-electron chi connectivity index (χ0n) is 16.8. The van der Waals surface area contributed by atoms with Crippen molar-refractivity contribution in [3.8, 4) is 0 Å². The lowest BCUT2D eigenvalue weighted by molar-refractivity contribution is -0.376. The molecule has 1 fully saturated rings. The molecule has 1 heterocycles. The van der Waals surface area contributed by atoms with Gasteiger partial charge >= 0.3 is 24.3 Å². The number of esters is 2. The molecule has 7 nitrogen and oxygen atoms in total. The van der Waals surface area contributed by atoms with Crippen molar-refractivity contribution in [2.24, 2.45) is 11.8 Å². The number of halogens is 6. The highest BCUT2D eigenvalue weighted by Gasteiger charge is 2.78. The number of hydrogen-bond acceptors (Lipinski definition) is 7. The zero-order chi connectivity index (χ0) is 24.5. The Bertz CT molecular complexity index is 784. The Morgan fingerprint density at radius 2 is 1.25 bits per heavy atom. The van der Waals surface area contributed by atoms with Crippen LogP contribution in [-0.4, -0.2) is 59.2 Å². The van der Waals surface area contributed by atoms with Crippen molar-refractivity contribution in [1.82, 2.24) is 5.32 Å². The second-order valence-electron chi connectivity index (χ2n) is 7.05. The maximum Gasteiger partial charge on any atom is 0.432 e. The van der Waals surface area contributed by atoms with Crippen molar-refractivity contribution in [2.45, 2.75) is 43.6 Å². The van der Waals surface area contributed by atoms with Crippen LogP contribution in [0.2, 0.25) is 0 Å². The minimum absolute atomic E-state index is 0.365. The molecular weight excluding hydrogens is 452 g/mol. The summed E-state index contributed by atoms with van der Waals surface area (Å²) >= 11 is 0. The van der Waals surface area contributed by atoms with Gasteiger partial charge in [0.05, 0.1) is 13.2 Å². The van der Waals surface area contributed by atoms with E-state index in [-0.39, 0.29) is 5.56 Å². The Kier molecular flexibility index (Phi) is 7.17. The van der Waals surface area contributed by atoms with Crippen molar-refractivity contribution in [3.05, 3.63) is 35.9 Å². The van der Waals surface area contributed by atoms with Crippen LogP contribution < -0.4 is 5.32 Å². The zero-order valence-corrected chi connectivity index (χ0v) is 16.8. The molecule has 13 heteroatoms. The molecule has 0 saturated carbocycles. The number of ether oxygens (including phenoxy) is 2. The van der Waals surface area contributed by atoms with E-state index in [0.717, 1.165) is 17.4 Å². The van der Waals surface area contributed by atoms with Gasteiger partial charge in [-0.25, -0.2) is 5.32 Å². The summed E-state index contributed by atoms with van der Waals surface area (Å²) < 4.78 is 93.0. The fourth-order valence-corrected chi connectivity index (χ4v) is 3.81. The van der Waals surface area contributed by atoms with Crippen LogP contribution in [0, 0.1) is 11.8 Å². The molecule has 180 valence electrons. The number of carbonyl (C=O) groups is 2. The summed E-state index contributed by atoms with van der Waals surface area (Å²) in [6, 6.07) is 5.97. The highest BCUT2D eigenvalue weighted by atomic mass is 19.4. The Morgan fingerprint density at radius 3 is 1.56 bits per heavy atom. The summed E-state index contributed by atoms with van der Waals surface area (Å²) in [5.41, 5.74) is -9.60. The van der Waals surface area contributed by atoms with Crippen LogP contribution in [0.3, 0.4) is 0 Å². The van der Waals surface area contributed by atoms with E-state index in [1.807, 2.05) is 0 Å². The third kappa shape index (κ3) is 4.28. The molecule has 3 N–H and O–H groups in total. The lowest BCUT2D eigenvalue weighted by Gasteiger charge is -2.54. The molecule has 5 atom stereocenters. The second-order valence-corrected chi connectivity index (χ2v) is 7.05. The molecule has 0 aliphatic carbocycles. The second kappa shape index (κ2) is 8.87. The third-order valence-corrected chi connectivity index (χ3v) is 5.13. The van der Waals surface area contributed by atoms with Gasteiger partial charge in [0.1, 0.15) is 11.8 Å². The SMILES string of the molecule is CCOC(=O)[C@@H]1C(c2ccccc2)[C@H](C(=O)OCC)[C@@](O)(C(F)(F)F)N[C@@]1(O)C(F)(F)F. The average Bonchev–Trinajstić information content (AvgIpc) is 2.66. The number of alkyl halides is 6. The third-order valence-electron chi connectivity index (χ3n) is 5.13. The lowest BCUT2D eigenvalue weighted by Crippen LogP contribution is -2.81. The molecule has 1 aromatic rings. The van der Waals surface area contributed by atoms with Gasteiger partial charge in [-0.05, 0) is 19.4 Å². The van der Waals surface area contributed by atoms with E-state index in [1.165, 1.54) is 32.0 Å². The standard InChI is InChI=1S/C19H21F6NO6/c1-3-31-14(27)12-11(10-8-6-5-7-9-10)13(15(28)32-4-2)17(30,19(23,24)25)26-16(12,29)18(20,21)22/h5-9,11-13,26,29-30H,3-4H2,1-2H3/t11?,12-,13+,16-,17+. The maximum atomic E-state index is 14.0. The molecule has 1 aliphatic heterocycles. The van der Waals surface area contributed by atoms with Crippen molar-refractivity contribution >= 4 is 11.9 Å². The number of aliphatic hydroxyl groups is 2. The van der Waals surface area contributed by atoms with Gasteiger partial charge in [0.25, 0.3) is 0 Å². The predicted molar refractivity (Wildman–Crippen MR) is 94.6 cm³/mol. The van der Waals surface area contributed by atoms with Crippen LogP contribution in [0.5, 0.6) is 0 Å². The molecule has 1 unspecified atom stereocenters. The molecule has 1 saturated heterocycles. The van der Waals surface area contributed by atoms with Crippen LogP contribution in [0.15, 0.2) is 30.3 Å². The summed E-state index contributed by atoms with van der Waals surface area (Å²) in [6.07, 6.45) is -11.8. The highest BCUT2D eigenvalue weighted by molar-refractivity contribution is 5.81. The Morgan fingerprint density at radius 1 is 0.875 bits per heavy atom. The van der Waals surface area contributed by atoms with Crippen LogP contribution in [0.1, 0.15) is 25.3 Å². The van der Waals surface area contributed by atoms with Gasteiger partial charge in [0, 0.05) is 5.92 Å². The number of carbonyl (C=O) groups excluding carboxylic acids is 2. The molecule has 32 heavy (non-hydrogen) atoms. The highest BCUT2D eigenvalue weighted by Crippen LogP contribution is 2.55. The first-order chi connectivity index (χ1) is 14.7. The van der Waals surface area contributed by atoms with Gasteiger partial charge in [-0.3, -0.25) is 9.59 Å². The Balaban J connectivity index is 2.93. The first kappa shape index (κ1) is 25.9. The Labute approximate surface area is 178 Å². The van der Waals surface area contributed by atoms with Crippen LogP contribution >= 0.6 is 0 Å². The molecule has 0 amide bonds. The number of nitrogens with one attached hydrogen (secondary N) is 1. The topological polar surface area (TPSA) is 105 Å². The monoisotopic (exact) mass is 473 g/mol. The molecule has 2 rings (SSSR count). The van der Waals surface area contributed by atoms with Crippen molar-refractivity contribution in [1.29, 1.82) is 0 Å². The van der Waals surface area contributed by atoms with Crippen molar-refractivity contribution in [3.63, 3.8) is 0 Å². The first-order valence-corrected chi connectivity index (χ1v) is 9.41. The number of benzene rings is 1. The molecule has 0 radical (unpaired) electrons. The van der Waals surface area contributed by atoms with E-state index in [1.54, 1.807) is 0 Å². The predicted octanol–water partition coefficient (Wildman–Crippen LogP) is 2.23. The molecule has 0 bridgehead atoms. The van der Waals surface area contributed by atoms with E-state index < -0.39 is 66.7 Å². The number of rotatable bonds is 5. The quantitative estimate of drug-likeness (QED) is 0.445. The molecule has 1 aromatic carbocycles. The normalized spacial score (nSPS) is 31.1. The fourth-order valence-electron chi connectivity index (χ4n) is 3.81.